The molecule has 0 heterocycles. The lowest BCUT2D eigenvalue weighted by atomic mass is 10.0. The van der Waals surface area contributed by atoms with E-state index in [1.807, 2.05) is 0 Å². The van der Waals surface area contributed by atoms with Gasteiger partial charge in [0.1, 0.15) is 5.75 Å². The van der Waals surface area contributed by atoms with Gasteiger partial charge in [-0.3, -0.25) is 0 Å². The average Bonchev–Trinajstić information content (AvgIpc) is 2.58. The number of rotatable bonds is 7. The lowest BCUT2D eigenvalue weighted by Crippen LogP contribution is -2.25. The molecular formula is C20H27NO3S. The van der Waals surface area contributed by atoms with Crippen LogP contribution in [0.4, 0.5) is 0 Å². The number of benzene rings is 2. The number of aryl methyl sites for hydroxylation is 4. The van der Waals surface area contributed by atoms with Gasteiger partial charge in [-0.15, -0.1) is 0 Å². The summed E-state index contributed by atoms with van der Waals surface area (Å²) in [5, 5.41) is 0. The number of hydrogen-bond donors (Lipinski definition) is 1. The van der Waals surface area contributed by atoms with E-state index in [1.54, 1.807) is 33.1 Å². The van der Waals surface area contributed by atoms with Crippen molar-refractivity contribution in [3.8, 4) is 5.75 Å². The molecular weight excluding hydrogens is 334 g/mol. The van der Waals surface area contributed by atoms with Crippen molar-refractivity contribution in [2.24, 2.45) is 0 Å². The monoisotopic (exact) mass is 361 g/mol. The zero-order chi connectivity index (χ0) is 18.6. The predicted molar refractivity (Wildman–Crippen MR) is 102 cm³/mol. The van der Waals surface area contributed by atoms with Crippen LogP contribution in [-0.4, -0.2) is 15.5 Å². The van der Waals surface area contributed by atoms with Gasteiger partial charge >= 0.3 is 0 Å². The van der Waals surface area contributed by atoms with Crippen LogP contribution in [0.25, 0.3) is 0 Å². The first-order valence-corrected chi connectivity index (χ1v) is 10.1. The van der Waals surface area contributed by atoms with Gasteiger partial charge in [-0.1, -0.05) is 32.0 Å². The molecule has 136 valence electrons. The SMILES string of the molecule is CCc1ccc(CC)c(CNS(=O)(=O)c2c(C)cc(OC)cc2C)c1. The Hall–Kier alpha value is -1.85. The summed E-state index contributed by atoms with van der Waals surface area (Å²) in [6.45, 7) is 8.05. The van der Waals surface area contributed by atoms with E-state index < -0.39 is 10.0 Å². The van der Waals surface area contributed by atoms with Gasteiger partial charge in [0.25, 0.3) is 0 Å². The third kappa shape index (κ3) is 4.41. The minimum Gasteiger partial charge on any atom is -0.497 e. The Morgan fingerprint density at radius 3 is 2.12 bits per heavy atom. The van der Waals surface area contributed by atoms with Crippen LogP contribution < -0.4 is 9.46 Å². The molecule has 25 heavy (non-hydrogen) atoms. The zero-order valence-corrected chi connectivity index (χ0v) is 16.5. The number of ether oxygens (including phenoxy) is 1. The Kier molecular flexibility index (Phi) is 6.25. The molecule has 0 aliphatic carbocycles. The predicted octanol–water partition coefficient (Wildman–Crippen LogP) is 3.92. The summed E-state index contributed by atoms with van der Waals surface area (Å²) in [4.78, 5) is 0.331. The number of hydrogen-bond acceptors (Lipinski definition) is 3. The molecule has 0 saturated heterocycles. The highest BCUT2D eigenvalue weighted by molar-refractivity contribution is 7.89. The minimum absolute atomic E-state index is 0.296. The maximum Gasteiger partial charge on any atom is 0.241 e. The maximum absolute atomic E-state index is 12.8. The molecule has 0 unspecified atom stereocenters. The van der Waals surface area contributed by atoms with E-state index in [-0.39, 0.29) is 0 Å². The largest absolute Gasteiger partial charge is 0.497 e. The normalized spacial score (nSPS) is 11.6. The third-order valence-corrected chi connectivity index (χ3v) is 6.16. The fourth-order valence-electron chi connectivity index (χ4n) is 3.11. The first-order chi connectivity index (χ1) is 11.8. The second-order valence-electron chi connectivity index (χ2n) is 6.23. The topological polar surface area (TPSA) is 55.4 Å². The van der Waals surface area contributed by atoms with Gasteiger partial charge in [0.2, 0.25) is 10.0 Å². The van der Waals surface area contributed by atoms with Crippen molar-refractivity contribution in [3.05, 3.63) is 58.1 Å². The molecule has 0 aliphatic heterocycles. The Morgan fingerprint density at radius 2 is 1.60 bits per heavy atom. The van der Waals surface area contributed by atoms with Gasteiger partial charge in [-0.05, 0) is 66.6 Å². The van der Waals surface area contributed by atoms with Crippen molar-refractivity contribution in [1.29, 1.82) is 0 Å². The van der Waals surface area contributed by atoms with Crippen molar-refractivity contribution in [2.45, 2.75) is 52.0 Å². The van der Waals surface area contributed by atoms with Gasteiger partial charge in [-0.2, -0.15) is 0 Å². The molecule has 0 saturated carbocycles. The number of sulfonamides is 1. The van der Waals surface area contributed by atoms with Crippen LogP contribution in [-0.2, 0) is 29.4 Å². The fourth-order valence-corrected chi connectivity index (χ4v) is 4.56. The van der Waals surface area contributed by atoms with Crippen molar-refractivity contribution < 1.29 is 13.2 Å². The van der Waals surface area contributed by atoms with Crippen molar-refractivity contribution in [2.75, 3.05) is 7.11 Å². The van der Waals surface area contributed by atoms with Gasteiger partial charge in [0, 0.05) is 6.54 Å². The summed E-state index contributed by atoms with van der Waals surface area (Å²) < 4.78 is 33.7. The van der Waals surface area contributed by atoms with Gasteiger partial charge in [-0.25, -0.2) is 13.1 Å². The van der Waals surface area contributed by atoms with Crippen LogP contribution in [0.2, 0.25) is 0 Å². The lowest BCUT2D eigenvalue weighted by molar-refractivity contribution is 0.413. The van der Waals surface area contributed by atoms with E-state index in [0.717, 1.165) is 18.4 Å². The van der Waals surface area contributed by atoms with Crippen LogP contribution in [0.15, 0.2) is 35.2 Å². The molecule has 0 fully saturated rings. The van der Waals surface area contributed by atoms with Crippen molar-refractivity contribution in [1.82, 2.24) is 4.72 Å². The Labute approximate surface area is 151 Å². The zero-order valence-electron chi connectivity index (χ0n) is 15.6. The second-order valence-corrected chi connectivity index (χ2v) is 7.93. The Bertz CT molecular complexity index is 834. The van der Waals surface area contributed by atoms with Gasteiger partial charge in [0.15, 0.2) is 0 Å². The van der Waals surface area contributed by atoms with E-state index >= 15 is 0 Å². The summed E-state index contributed by atoms with van der Waals surface area (Å²) >= 11 is 0. The van der Waals surface area contributed by atoms with Crippen molar-refractivity contribution in [3.63, 3.8) is 0 Å². The Morgan fingerprint density at radius 1 is 0.960 bits per heavy atom. The molecule has 0 bridgehead atoms. The molecule has 4 nitrogen and oxygen atoms in total. The Balaban J connectivity index is 2.32. The molecule has 2 aromatic rings. The quantitative estimate of drug-likeness (QED) is 0.813. The summed E-state index contributed by atoms with van der Waals surface area (Å²) in [7, 11) is -2.02. The van der Waals surface area contributed by atoms with Crippen LogP contribution in [0.3, 0.4) is 0 Å². The minimum atomic E-state index is -3.59. The first-order valence-electron chi connectivity index (χ1n) is 8.58. The van der Waals surface area contributed by atoms with Crippen LogP contribution >= 0.6 is 0 Å². The van der Waals surface area contributed by atoms with Crippen LogP contribution in [0.1, 0.15) is 41.7 Å². The highest BCUT2D eigenvalue weighted by Crippen LogP contribution is 2.26. The second kappa shape index (κ2) is 8.02. The highest BCUT2D eigenvalue weighted by Gasteiger charge is 2.20. The van der Waals surface area contributed by atoms with Crippen LogP contribution in [0, 0.1) is 13.8 Å². The molecule has 0 atom stereocenters. The summed E-state index contributed by atoms with van der Waals surface area (Å²) in [5.74, 6) is 0.665. The van der Waals surface area contributed by atoms with E-state index in [2.05, 4.69) is 36.8 Å². The van der Waals surface area contributed by atoms with Crippen molar-refractivity contribution >= 4 is 10.0 Å². The van der Waals surface area contributed by atoms with Crippen LogP contribution in [0.5, 0.6) is 5.75 Å². The summed E-state index contributed by atoms with van der Waals surface area (Å²) in [6.07, 6.45) is 1.81. The maximum atomic E-state index is 12.8. The average molecular weight is 362 g/mol. The smallest absolute Gasteiger partial charge is 0.241 e. The van der Waals surface area contributed by atoms with E-state index in [9.17, 15) is 8.42 Å². The first kappa shape index (κ1) is 19.5. The lowest BCUT2D eigenvalue weighted by Gasteiger charge is -2.15. The number of methoxy groups -OCH3 is 1. The molecule has 2 aromatic carbocycles. The summed E-state index contributed by atoms with van der Waals surface area (Å²) in [6, 6.07) is 9.78. The molecule has 5 heteroatoms. The molecule has 2 rings (SSSR count). The molecule has 0 aliphatic rings. The van der Waals surface area contributed by atoms with Gasteiger partial charge < -0.3 is 4.74 Å². The molecule has 0 aromatic heterocycles. The molecule has 0 amide bonds. The number of nitrogens with one attached hydrogen (secondary N) is 1. The van der Waals surface area contributed by atoms with E-state index in [0.29, 0.717) is 28.3 Å². The molecule has 1 N–H and O–H groups in total. The summed E-state index contributed by atoms with van der Waals surface area (Å²) in [5.41, 5.74) is 4.78. The molecule has 0 spiro atoms. The molecule has 0 radical (unpaired) electrons. The van der Waals surface area contributed by atoms with E-state index in [4.69, 9.17) is 4.74 Å². The van der Waals surface area contributed by atoms with Gasteiger partial charge in [0.05, 0.1) is 12.0 Å². The van der Waals surface area contributed by atoms with E-state index in [1.165, 1.54) is 11.1 Å². The highest BCUT2D eigenvalue weighted by atomic mass is 32.2. The standard InChI is InChI=1S/C20H27NO3S/c1-6-16-8-9-17(7-2)18(12-16)13-21-25(22,23)20-14(3)10-19(24-5)11-15(20)4/h8-12,21H,6-7,13H2,1-5H3. The third-order valence-electron chi connectivity index (χ3n) is 4.45. The fraction of sp³-hybridized carbons (Fsp3) is 0.400.